The fourth-order valence-corrected chi connectivity index (χ4v) is 5.84. The Morgan fingerprint density at radius 2 is 1.69 bits per heavy atom. The van der Waals surface area contributed by atoms with Gasteiger partial charge in [-0.25, -0.2) is 4.58 Å². The number of halogens is 3. The minimum atomic E-state index is 0. The molecule has 0 unspecified atom stereocenters. The van der Waals surface area contributed by atoms with Gasteiger partial charge in [-0.1, -0.05) is 91.6 Å². The molecule has 0 saturated carbocycles. The van der Waals surface area contributed by atoms with E-state index in [1.807, 2.05) is 12.1 Å². The molecule has 1 aliphatic rings. The minimum absolute atomic E-state index is 0. The lowest BCUT2D eigenvalue weighted by Gasteiger charge is -2.23. The zero-order chi connectivity index (χ0) is 29.6. The van der Waals surface area contributed by atoms with E-state index < -0.39 is 0 Å². The molecule has 0 atom stereocenters. The summed E-state index contributed by atoms with van der Waals surface area (Å²) in [6.07, 6.45) is 17.3. The third-order valence-electron chi connectivity index (χ3n) is 7.84. The van der Waals surface area contributed by atoms with Gasteiger partial charge in [0.1, 0.15) is 6.54 Å². The Morgan fingerprint density at radius 3 is 2.40 bits per heavy atom. The Kier molecular flexibility index (Phi) is 16.9. The summed E-state index contributed by atoms with van der Waals surface area (Å²) in [7, 11) is 1.74. The van der Waals surface area contributed by atoms with Crippen molar-refractivity contribution in [3.05, 3.63) is 80.4 Å². The second-order valence-electron chi connectivity index (χ2n) is 11.5. The number of methoxy groups -OCH3 is 1. The molecule has 0 N–H and O–H groups in total. The number of unbranched alkanes of at least 4 members (excludes halogenated alkanes) is 5. The van der Waals surface area contributed by atoms with Gasteiger partial charge in [0, 0.05) is 29.5 Å². The molecule has 0 saturated heterocycles. The largest absolute Gasteiger partial charge is 1.00 e. The second kappa shape index (κ2) is 19.5. The number of allylic oxidation sites excluding steroid dienone is 4. The second-order valence-corrected chi connectivity index (χ2v) is 12.3. The lowest BCUT2D eigenvalue weighted by Crippen LogP contribution is -3.00. The van der Waals surface area contributed by atoms with E-state index in [1.54, 1.807) is 7.11 Å². The van der Waals surface area contributed by atoms with Crippen molar-refractivity contribution >= 4 is 28.9 Å². The summed E-state index contributed by atoms with van der Waals surface area (Å²) in [5.74, 6) is 1.76. The average Bonchev–Trinajstić information content (AvgIpc) is 2.95. The van der Waals surface area contributed by atoms with Crippen molar-refractivity contribution in [2.24, 2.45) is 0 Å². The smallest absolute Gasteiger partial charge is 0.184 e. The van der Waals surface area contributed by atoms with Gasteiger partial charge in [0.2, 0.25) is 0 Å². The highest BCUT2D eigenvalue weighted by atomic mass is 79.9. The third kappa shape index (κ3) is 11.4. The maximum absolute atomic E-state index is 6.46. The lowest BCUT2D eigenvalue weighted by molar-refractivity contribution is -0.545. The van der Waals surface area contributed by atoms with Crippen LogP contribution in [0.25, 0.3) is 0 Å². The van der Waals surface area contributed by atoms with E-state index in [0.717, 1.165) is 69.7 Å². The Balaban J connectivity index is 0.00000616. The summed E-state index contributed by atoms with van der Waals surface area (Å²) in [6, 6.07) is 10.3. The maximum Gasteiger partial charge on any atom is 0.184 e. The van der Waals surface area contributed by atoms with Gasteiger partial charge >= 0.3 is 0 Å². The van der Waals surface area contributed by atoms with E-state index >= 15 is 0 Å². The zero-order valence-electron chi connectivity index (χ0n) is 26.3. The molecule has 6 heteroatoms. The molecule has 232 valence electrons. The molecule has 3 rings (SSSR count). The van der Waals surface area contributed by atoms with Gasteiger partial charge < -0.3 is 26.5 Å². The van der Waals surface area contributed by atoms with Gasteiger partial charge in [0.25, 0.3) is 0 Å². The van der Waals surface area contributed by atoms with Crippen molar-refractivity contribution in [2.45, 2.75) is 105 Å². The summed E-state index contributed by atoms with van der Waals surface area (Å²) in [5.41, 5.74) is 7.92. The van der Waals surface area contributed by atoms with Crippen molar-refractivity contribution < 1.29 is 31.0 Å². The molecule has 0 spiro atoms. The van der Waals surface area contributed by atoms with Gasteiger partial charge in [-0.15, -0.1) is 0 Å². The molecule has 2 aromatic rings. The molecule has 3 nitrogen and oxygen atoms in total. The van der Waals surface area contributed by atoms with E-state index in [2.05, 4.69) is 62.6 Å². The molecule has 1 aliphatic heterocycles. The van der Waals surface area contributed by atoms with Crippen LogP contribution < -0.4 is 26.5 Å². The predicted molar refractivity (Wildman–Crippen MR) is 177 cm³/mol. The Labute approximate surface area is 275 Å². The third-order valence-corrected chi connectivity index (χ3v) is 8.57. The molecule has 2 aromatic carbocycles. The van der Waals surface area contributed by atoms with E-state index in [0.29, 0.717) is 10.0 Å². The molecular formula is C36H50BrCl2NO2. The van der Waals surface area contributed by atoms with Gasteiger partial charge in [-0.2, -0.15) is 0 Å². The van der Waals surface area contributed by atoms with Crippen LogP contribution in [-0.4, -0.2) is 30.5 Å². The van der Waals surface area contributed by atoms with Crippen molar-refractivity contribution in [3.63, 3.8) is 0 Å². The van der Waals surface area contributed by atoms with Gasteiger partial charge in [-0.05, 0) is 70.7 Å². The molecule has 0 amide bonds. The van der Waals surface area contributed by atoms with Crippen LogP contribution in [0.3, 0.4) is 0 Å². The van der Waals surface area contributed by atoms with Crippen LogP contribution in [-0.2, 0) is 13.0 Å². The summed E-state index contributed by atoms with van der Waals surface area (Å²) in [5, 5.41) is 1.20. The van der Waals surface area contributed by atoms with Crippen LogP contribution in [0.2, 0.25) is 10.0 Å². The number of ether oxygens (including phenoxy) is 2. The number of fused-ring (bicyclic) bond motifs is 1. The summed E-state index contributed by atoms with van der Waals surface area (Å²) >= 11 is 12.6. The zero-order valence-corrected chi connectivity index (χ0v) is 29.4. The van der Waals surface area contributed by atoms with Crippen molar-refractivity contribution in [1.82, 2.24) is 0 Å². The van der Waals surface area contributed by atoms with Gasteiger partial charge in [-0.3, -0.25) is 0 Å². The first-order valence-corrected chi connectivity index (χ1v) is 16.3. The highest BCUT2D eigenvalue weighted by molar-refractivity contribution is 6.42. The highest BCUT2D eigenvalue weighted by Crippen LogP contribution is 2.37. The monoisotopic (exact) mass is 677 g/mol. The van der Waals surface area contributed by atoms with Crippen molar-refractivity contribution in [3.8, 4) is 11.5 Å². The molecule has 42 heavy (non-hydrogen) atoms. The van der Waals surface area contributed by atoms with Gasteiger partial charge in [0.05, 0.1) is 23.8 Å². The predicted octanol–water partition coefficient (Wildman–Crippen LogP) is 7.78. The standard InChI is InChI=1S/C36H50Cl2NO2.BrH/c1-6-7-8-9-10-11-24-41-36-31-22-23-39(26-29-18-20-32(37)33(38)25-29)34(30(31)19-21-35(36)40-5)17-13-16-28(4)15-12-14-27(2)3;/h14,16,18-21,25H,6-13,15,17,22-24,26H2,1-5H3;1H/q+1;/p-1. The van der Waals surface area contributed by atoms with E-state index in [4.69, 9.17) is 32.7 Å². The molecular weight excluding hydrogens is 629 g/mol. The van der Waals surface area contributed by atoms with Crippen LogP contribution in [0.4, 0.5) is 0 Å². The number of nitrogens with zero attached hydrogens (tertiary/aromatic N) is 1. The summed E-state index contributed by atoms with van der Waals surface area (Å²) in [6.45, 7) is 11.3. The van der Waals surface area contributed by atoms with Crippen molar-refractivity contribution in [2.75, 3.05) is 20.3 Å². The summed E-state index contributed by atoms with van der Waals surface area (Å²) < 4.78 is 14.8. The molecule has 0 radical (unpaired) electrons. The Bertz CT molecular complexity index is 1230. The van der Waals surface area contributed by atoms with E-state index in [-0.39, 0.29) is 17.0 Å². The highest BCUT2D eigenvalue weighted by Gasteiger charge is 2.29. The number of benzene rings is 2. The minimum Gasteiger partial charge on any atom is -1.00 e. The van der Waals surface area contributed by atoms with Crippen LogP contribution >= 0.6 is 23.2 Å². The van der Waals surface area contributed by atoms with Crippen LogP contribution in [0.5, 0.6) is 11.5 Å². The molecule has 0 fully saturated rings. The lowest BCUT2D eigenvalue weighted by atomic mass is 9.92. The fourth-order valence-electron chi connectivity index (χ4n) is 5.52. The van der Waals surface area contributed by atoms with Crippen LogP contribution in [0.1, 0.15) is 109 Å². The number of rotatable bonds is 17. The average molecular weight is 680 g/mol. The molecule has 1 heterocycles. The molecule has 0 aliphatic carbocycles. The Morgan fingerprint density at radius 1 is 0.929 bits per heavy atom. The topological polar surface area (TPSA) is 21.5 Å². The normalized spacial score (nSPS) is 13.0. The van der Waals surface area contributed by atoms with Gasteiger partial charge in [0.15, 0.2) is 23.8 Å². The molecule has 0 bridgehead atoms. The first kappa shape index (κ1) is 36.4. The first-order chi connectivity index (χ1) is 19.8. The fraction of sp³-hybridized carbons (Fsp3) is 0.528. The quantitative estimate of drug-likeness (QED) is 0.0969. The SMILES string of the molecule is CCCCCCCCOc1c(OC)ccc2c1CC[N+](Cc1ccc(Cl)c(Cl)c1)=C2CCC=C(C)CCC=C(C)C.[Br-]. The number of hydrogen-bond acceptors (Lipinski definition) is 2. The van der Waals surface area contributed by atoms with Crippen LogP contribution in [0, 0.1) is 0 Å². The Hall–Kier alpha value is -1.75. The van der Waals surface area contributed by atoms with E-state index in [1.165, 1.54) is 65.7 Å². The number of hydrogen-bond donors (Lipinski definition) is 0. The first-order valence-electron chi connectivity index (χ1n) is 15.5. The maximum atomic E-state index is 6.46. The van der Waals surface area contributed by atoms with E-state index in [9.17, 15) is 0 Å². The molecule has 0 aromatic heterocycles. The summed E-state index contributed by atoms with van der Waals surface area (Å²) in [4.78, 5) is 0. The van der Waals surface area contributed by atoms with Crippen molar-refractivity contribution in [1.29, 1.82) is 0 Å². The van der Waals surface area contributed by atoms with Crippen LogP contribution in [0.15, 0.2) is 53.6 Å².